The fourth-order valence-electron chi connectivity index (χ4n) is 2.84. The Hall–Kier alpha value is -2.31. The highest BCUT2D eigenvalue weighted by atomic mass is 35.5. The molecular weight excluding hydrogens is 382 g/mol. The van der Waals surface area contributed by atoms with Crippen molar-refractivity contribution in [3.63, 3.8) is 0 Å². The number of carbonyl (C=O) groups is 1. The molecule has 1 aromatic carbocycles. The van der Waals surface area contributed by atoms with E-state index in [1.54, 1.807) is 6.07 Å². The number of amides is 1. The van der Waals surface area contributed by atoms with Gasteiger partial charge in [-0.25, -0.2) is 0 Å². The van der Waals surface area contributed by atoms with E-state index in [4.69, 9.17) is 16.3 Å². The zero-order valence-electron chi connectivity index (χ0n) is 15.5. The third kappa shape index (κ3) is 4.51. The lowest BCUT2D eigenvalue weighted by molar-refractivity contribution is 0.0944. The second-order valence-corrected chi connectivity index (χ2v) is 7.55. The van der Waals surface area contributed by atoms with Crippen molar-refractivity contribution in [3.05, 3.63) is 68.6 Å². The van der Waals surface area contributed by atoms with Crippen molar-refractivity contribution >= 4 is 28.8 Å². The third-order valence-corrected chi connectivity index (χ3v) is 5.65. The van der Waals surface area contributed by atoms with Gasteiger partial charge >= 0.3 is 0 Å². The molecule has 142 valence electrons. The van der Waals surface area contributed by atoms with E-state index in [2.05, 4.69) is 10.4 Å². The zero-order chi connectivity index (χ0) is 19.4. The van der Waals surface area contributed by atoms with Crippen molar-refractivity contribution in [1.29, 1.82) is 0 Å². The minimum Gasteiger partial charge on any atom is -0.487 e. The van der Waals surface area contributed by atoms with Gasteiger partial charge in [-0.2, -0.15) is 5.10 Å². The summed E-state index contributed by atoms with van der Waals surface area (Å²) in [5.74, 6) is 0.536. The Kier molecular flexibility index (Phi) is 6.19. The number of para-hydroxylation sites is 1. The summed E-state index contributed by atoms with van der Waals surface area (Å²) in [7, 11) is 0. The van der Waals surface area contributed by atoms with E-state index in [1.165, 1.54) is 11.3 Å². The fraction of sp³-hybridized carbons (Fsp3) is 0.300. The van der Waals surface area contributed by atoms with Gasteiger partial charge in [0.2, 0.25) is 0 Å². The second kappa shape index (κ2) is 8.59. The first-order valence-electron chi connectivity index (χ1n) is 8.77. The van der Waals surface area contributed by atoms with Gasteiger partial charge in [-0.15, -0.1) is 11.3 Å². The number of benzene rings is 1. The Morgan fingerprint density at radius 1 is 1.41 bits per heavy atom. The van der Waals surface area contributed by atoms with Crippen LogP contribution in [0.25, 0.3) is 0 Å². The SMILES string of the molecule is CCn1ncc(C(C)NC(=O)c2cc(COc3ccccc3Cl)cs2)c1C. The molecule has 0 spiro atoms. The van der Waals surface area contributed by atoms with Gasteiger partial charge in [0.15, 0.2) is 0 Å². The smallest absolute Gasteiger partial charge is 0.261 e. The maximum absolute atomic E-state index is 12.6. The van der Waals surface area contributed by atoms with Gasteiger partial charge in [0, 0.05) is 23.4 Å². The number of hydrogen-bond acceptors (Lipinski definition) is 4. The van der Waals surface area contributed by atoms with Crippen LogP contribution in [0.15, 0.2) is 41.9 Å². The average molecular weight is 404 g/mol. The minimum atomic E-state index is -0.109. The summed E-state index contributed by atoms with van der Waals surface area (Å²) in [4.78, 5) is 13.2. The number of nitrogens with one attached hydrogen (secondary N) is 1. The molecule has 1 unspecified atom stereocenters. The van der Waals surface area contributed by atoms with E-state index in [1.807, 2.05) is 61.3 Å². The summed E-state index contributed by atoms with van der Waals surface area (Å²) in [6.45, 7) is 7.21. The molecule has 2 aromatic heterocycles. The predicted octanol–water partition coefficient (Wildman–Crippen LogP) is 5.00. The Morgan fingerprint density at radius 2 is 2.19 bits per heavy atom. The van der Waals surface area contributed by atoms with Crippen molar-refractivity contribution in [2.75, 3.05) is 0 Å². The van der Waals surface area contributed by atoms with Crippen LogP contribution in [0.2, 0.25) is 5.02 Å². The van der Waals surface area contributed by atoms with Crippen LogP contribution < -0.4 is 10.1 Å². The van der Waals surface area contributed by atoms with Gasteiger partial charge in [-0.3, -0.25) is 9.48 Å². The number of thiophene rings is 1. The minimum absolute atomic E-state index is 0.0971. The quantitative estimate of drug-likeness (QED) is 0.604. The summed E-state index contributed by atoms with van der Waals surface area (Å²) >= 11 is 7.50. The predicted molar refractivity (Wildman–Crippen MR) is 109 cm³/mol. The maximum atomic E-state index is 12.6. The summed E-state index contributed by atoms with van der Waals surface area (Å²) in [5.41, 5.74) is 3.04. The van der Waals surface area contributed by atoms with Gasteiger partial charge in [0.1, 0.15) is 12.4 Å². The van der Waals surface area contributed by atoms with E-state index in [-0.39, 0.29) is 11.9 Å². The van der Waals surface area contributed by atoms with Crippen LogP contribution in [0, 0.1) is 6.92 Å². The van der Waals surface area contributed by atoms with E-state index in [0.717, 1.165) is 23.4 Å². The van der Waals surface area contributed by atoms with Crippen molar-refractivity contribution in [2.24, 2.45) is 0 Å². The largest absolute Gasteiger partial charge is 0.487 e. The molecule has 0 aliphatic rings. The molecule has 1 N–H and O–H groups in total. The first-order valence-corrected chi connectivity index (χ1v) is 10.0. The molecule has 1 atom stereocenters. The maximum Gasteiger partial charge on any atom is 0.261 e. The molecule has 0 aliphatic carbocycles. The van der Waals surface area contributed by atoms with Crippen LogP contribution in [0.3, 0.4) is 0 Å². The normalized spacial score (nSPS) is 12.0. The molecule has 0 fully saturated rings. The van der Waals surface area contributed by atoms with Crippen LogP contribution >= 0.6 is 22.9 Å². The van der Waals surface area contributed by atoms with Crippen LogP contribution in [-0.4, -0.2) is 15.7 Å². The number of carbonyl (C=O) groups excluding carboxylic acids is 1. The monoisotopic (exact) mass is 403 g/mol. The lowest BCUT2D eigenvalue weighted by Crippen LogP contribution is -2.26. The number of hydrogen-bond donors (Lipinski definition) is 1. The van der Waals surface area contributed by atoms with Gasteiger partial charge in [0.25, 0.3) is 5.91 Å². The molecule has 0 radical (unpaired) electrons. The van der Waals surface area contributed by atoms with E-state index < -0.39 is 0 Å². The third-order valence-electron chi connectivity index (χ3n) is 4.36. The molecule has 0 saturated heterocycles. The summed E-state index contributed by atoms with van der Waals surface area (Å²) < 4.78 is 7.65. The van der Waals surface area contributed by atoms with Crippen LogP contribution in [-0.2, 0) is 13.2 Å². The zero-order valence-corrected chi connectivity index (χ0v) is 17.1. The molecule has 3 rings (SSSR count). The molecule has 1 amide bonds. The first-order chi connectivity index (χ1) is 13.0. The molecule has 0 aliphatic heterocycles. The Labute approximate surface area is 167 Å². The van der Waals surface area contributed by atoms with E-state index in [0.29, 0.717) is 22.3 Å². The van der Waals surface area contributed by atoms with Gasteiger partial charge in [-0.1, -0.05) is 23.7 Å². The van der Waals surface area contributed by atoms with Gasteiger partial charge < -0.3 is 10.1 Å². The van der Waals surface area contributed by atoms with Crippen LogP contribution in [0.1, 0.15) is 46.4 Å². The molecule has 27 heavy (non-hydrogen) atoms. The van der Waals surface area contributed by atoms with Crippen molar-refractivity contribution in [2.45, 2.75) is 40.0 Å². The lowest BCUT2D eigenvalue weighted by Gasteiger charge is -2.13. The number of aryl methyl sites for hydroxylation is 1. The molecular formula is C20H22ClN3O2S. The van der Waals surface area contributed by atoms with Crippen molar-refractivity contribution < 1.29 is 9.53 Å². The topological polar surface area (TPSA) is 56.2 Å². The molecule has 2 heterocycles. The van der Waals surface area contributed by atoms with Gasteiger partial charge in [0.05, 0.1) is 22.1 Å². The number of ether oxygens (including phenoxy) is 1. The number of nitrogens with zero attached hydrogens (tertiary/aromatic N) is 2. The fourth-order valence-corrected chi connectivity index (χ4v) is 3.83. The molecule has 0 saturated carbocycles. The molecule has 7 heteroatoms. The van der Waals surface area contributed by atoms with Gasteiger partial charge in [-0.05, 0) is 44.4 Å². The molecule has 3 aromatic rings. The lowest BCUT2D eigenvalue weighted by atomic mass is 10.1. The standard InChI is InChI=1S/C20H22ClN3O2S/c1-4-24-14(3)16(10-22-24)13(2)23-20(25)19-9-15(12-27-19)11-26-18-8-6-5-7-17(18)21/h5-10,12-13H,4,11H2,1-3H3,(H,23,25). The number of halogens is 1. The summed E-state index contributed by atoms with van der Waals surface area (Å²) in [5, 5.41) is 9.88. The molecule has 5 nitrogen and oxygen atoms in total. The summed E-state index contributed by atoms with van der Waals surface area (Å²) in [6, 6.07) is 9.08. The number of aromatic nitrogens is 2. The Bertz CT molecular complexity index is 935. The van der Waals surface area contributed by atoms with E-state index in [9.17, 15) is 4.79 Å². The summed E-state index contributed by atoms with van der Waals surface area (Å²) in [6.07, 6.45) is 1.82. The van der Waals surface area contributed by atoms with Crippen LogP contribution in [0.4, 0.5) is 0 Å². The highest BCUT2D eigenvalue weighted by molar-refractivity contribution is 7.12. The highest BCUT2D eigenvalue weighted by Gasteiger charge is 2.17. The second-order valence-electron chi connectivity index (χ2n) is 6.23. The number of rotatable bonds is 7. The Morgan fingerprint density at radius 3 is 2.89 bits per heavy atom. The highest BCUT2D eigenvalue weighted by Crippen LogP contribution is 2.25. The molecule has 0 bridgehead atoms. The Balaban J connectivity index is 1.61. The van der Waals surface area contributed by atoms with E-state index >= 15 is 0 Å². The van der Waals surface area contributed by atoms with Crippen molar-refractivity contribution in [1.82, 2.24) is 15.1 Å². The van der Waals surface area contributed by atoms with Crippen LogP contribution in [0.5, 0.6) is 5.75 Å². The first kappa shape index (κ1) is 19.5. The van der Waals surface area contributed by atoms with Crippen molar-refractivity contribution in [3.8, 4) is 5.75 Å². The average Bonchev–Trinajstić information content (AvgIpc) is 3.27.